The van der Waals surface area contributed by atoms with Crippen LogP contribution >= 0.6 is 11.6 Å². The first-order chi connectivity index (χ1) is 10.6. The Kier molecular flexibility index (Phi) is 3.65. The summed E-state index contributed by atoms with van der Waals surface area (Å²) in [6, 6.07) is 15.2. The molecule has 0 aliphatic carbocycles. The first kappa shape index (κ1) is 14.3. The first-order valence-corrected chi connectivity index (χ1v) is 7.06. The summed E-state index contributed by atoms with van der Waals surface area (Å²) in [5, 5.41) is 16.8. The summed E-state index contributed by atoms with van der Waals surface area (Å²) in [4.78, 5) is 6.22. The highest BCUT2D eigenvalue weighted by Gasteiger charge is 2.15. The zero-order valence-corrected chi connectivity index (χ0v) is 12.7. The van der Waals surface area contributed by atoms with E-state index in [0.29, 0.717) is 16.4 Å². The van der Waals surface area contributed by atoms with Gasteiger partial charge in [0.1, 0.15) is 5.82 Å². The fourth-order valence-electron chi connectivity index (χ4n) is 2.41. The fourth-order valence-corrected chi connectivity index (χ4v) is 2.66. The standard InChI is InChI=1S/C16H14ClN5/c1-21(11-6-3-2-4-7-11)15-14-12(17)8-5-9-13(14)22(10-18)16(19)20-15/h2-10,18-19H,1H3. The number of benzene rings is 2. The van der Waals surface area contributed by atoms with Gasteiger partial charge in [-0.1, -0.05) is 35.9 Å². The number of rotatable bonds is 3. The van der Waals surface area contributed by atoms with Crippen molar-refractivity contribution in [2.75, 3.05) is 11.9 Å². The van der Waals surface area contributed by atoms with Crippen LogP contribution in [-0.4, -0.2) is 22.9 Å². The van der Waals surface area contributed by atoms with E-state index in [0.717, 1.165) is 17.4 Å². The monoisotopic (exact) mass is 311 g/mol. The van der Waals surface area contributed by atoms with Gasteiger partial charge in [-0.15, -0.1) is 0 Å². The summed E-state index contributed by atoms with van der Waals surface area (Å²) >= 11 is 6.36. The third-order valence-corrected chi connectivity index (χ3v) is 3.82. The van der Waals surface area contributed by atoms with E-state index in [2.05, 4.69) is 4.98 Å². The zero-order chi connectivity index (χ0) is 15.7. The number of aromatic nitrogens is 2. The molecule has 3 aromatic rings. The average Bonchev–Trinajstić information content (AvgIpc) is 2.54. The van der Waals surface area contributed by atoms with Crippen molar-refractivity contribution in [2.24, 2.45) is 0 Å². The van der Waals surface area contributed by atoms with Crippen LogP contribution in [0.5, 0.6) is 0 Å². The summed E-state index contributed by atoms with van der Waals surface area (Å²) in [5.41, 5.74) is 1.62. The Labute approximate surface area is 132 Å². The van der Waals surface area contributed by atoms with E-state index in [4.69, 9.17) is 22.4 Å². The Morgan fingerprint density at radius 2 is 1.86 bits per heavy atom. The maximum absolute atomic E-state index is 8.05. The molecule has 1 heterocycles. The second-order valence-corrected chi connectivity index (χ2v) is 5.19. The van der Waals surface area contributed by atoms with Gasteiger partial charge in [-0.25, -0.2) is 0 Å². The molecule has 22 heavy (non-hydrogen) atoms. The lowest BCUT2D eigenvalue weighted by atomic mass is 10.2. The summed E-state index contributed by atoms with van der Waals surface area (Å²) in [6.45, 7) is 0. The van der Waals surface area contributed by atoms with Gasteiger partial charge in [-0.2, -0.15) is 4.98 Å². The molecule has 0 unspecified atom stereocenters. The van der Waals surface area contributed by atoms with Gasteiger partial charge < -0.3 is 4.90 Å². The molecular formula is C16H14ClN5. The number of hydrogen-bond donors (Lipinski definition) is 2. The maximum atomic E-state index is 8.05. The Balaban J connectivity index is 2.35. The fraction of sp³-hybridized carbons (Fsp3) is 0.0625. The van der Waals surface area contributed by atoms with E-state index in [9.17, 15) is 0 Å². The van der Waals surface area contributed by atoms with E-state index in [-0.39, 0.29) is 5.62 Å². The minimum atomic E-state index is -0.0115. The summed E-state index contributed by atoms with van der Waals surface area (Å²) in [6.07, 6.45) is 1.07. The van der Waals surface area contributed by atoms with E-state index < -0.39 is 0 Å². The number of hydrogen-bond acceptors (Lipinski definition) is 4. The quantitative estimate of drug-likeness (QED) is 0.575. The van der Waals surface area contributed by atoms with Gasteiger partial charge in [0.05, 0.1) is 22.3 Å². The van der Waals surface area contributed by atoms with E-state index >= 15 is 0 Å². The van der Waals surface area contributed by atoms with Crippen molar-refractivity contribution in [1.29, 1.82) is 10.8 Å². The zero-order valence-electron chi connectivity index (χ0n) is 11.9. The molecule has 1 aromatic heterocycles. The second-order valence-electron chi connectivity index (χ2n) is 4.79. The van der Waals surface area contributed by atoms with Crippen LogP contribution in [0.1, 0.15) is 0 Å². The predicted molar refractivity (Wildman–Crippen MR) is 89.3 cm³/mol. The van der Waals surface area contributed by atoms with Crippen LogP contribution in [0.2, 0.25) is 5.02 Å². The van der Waals surface area contributed by atoms with Crippen molar-refractivity contribution in [3.8, 4) is 0 Å². The highest BCUT2D eigenvalue weighted by molar-refractivity contribution is 6.36. The molecule has 0 saturated heterocycles. The van der Waals surface area contributed by atoms with Crippen LogP contribution in [-0.2, 0) is 0 Å². The average molecular weight is 312 g/mol. The van der Waals surface area contributed by atoms with Crippen LogP contribution in [0, 0.1) is 10.8 Å². The molecule has 0 fully saturated rings. The first-order valence-electron chi connectivity index (χ1n) is 6.68. The number of para-hydroxylation sites is 1. The Morgan fingerprint density at radius 3 is 2.55 bits per heavy atom. The van der Waals surface area contributed by atoms with Gasteiger partial charge in [0, 0.05) is 12.7 Å². The van der Waals surface area contributed by atoms with Crippen LogP contribution in [0.15, 0.2) is 48.5 Å². The second kappa shape index (κ2) is 5.61. The predicted octanol–water partition coefficient (Wildman–Crippen LogP) is 3.39. The molecule has 110 valence electrons. The van der Waals surface area contributed by atoms with Crippen LogP contribution in [0.25, 0.3) is 10.9 Å². The third kappa shape index (κ3) is 2.25. The molecule has 3 rings (SSSR count). The molecular weight excluding hydrogens is 298 g/mol. The number of nitrogens with one attached hydrogen (secondary N) is 2. The van der Waals surface area contributed by atoms with Gasteiger partial charge in [0.2, 0.25) is 5.62 Å². The SMILES string of the molecule is CN(c1ccccc1)c1nc(=N)n(C=N)c2cccc(Cl)c12. The molecule has 2 aromatic carbocycles. The molecule has 0 saturated carbocycles. The van der Waals surface area contributed by atoms with Crippen molar-refractivity contribution < 1.29 is 0 Å². The van der Waals surface area contributed by atoms with Crippen molar-refractivity contribution in [3.63, 3.8) is 0 Å². The highest BCUT2D eigenvalue weighted by Crippen LogP contribution is 2.32. The Bertz CT molecular complexity index is 902. The lowest BCUT2D eigenvalue weighted by Gasteiger charge is -2.21. The largest absolute Gasteiger partial charge is 0.329 e. The van der Waals surface area contributed by atoms with Gasteiger partial charge >= 0.3 is 0 Å². The number of fused-ring (bicyclic) bond motifs is 1. The lowest BCUT2D eigenvalue weighted by molar-refractivity contribution is 0.915. The number of nitrogens with zero attached hydrogens (tertiary/aromatic N) is 3. The molecule has 0 radical (unpaired) electrons. The van der Waals surface area contributed by atoms with E-state index in [1.54, 1.807) is 12.1 Å². The molecule has 6 heteroatoms. The molecule has 0 spiro atoms. The molecule has 0 bridgehead atoms. The smallest absolute Gasteiger partial charge is 0.229 e. The molecule has 0 amide bonds. The van der Waals surface area contributed by atoms with Gasteiger partial charge in [0.25, 0.3) is 0 Å². The van der Waals surface area contributed by atoms with Crippen LogP contribution in [0.4, 0.5) is 11.5 Å². The summed E-state index contributed by atoms with van der Waals surface area (Å²) in [7, 11) is 1.88. The van der Waals surface area contributed by atoms with Crippen LogP contribution in [0.3, 0.4) is 0 Å². The van der Waals surface area contributed by atoms with E-state index in [1.165, 1.54) is 4.57 Å². The topological polar surface area (TPSA) is 68.8 Å². The van der Waals surface area contributed by atoms with Gasteiger partial charge in [0.15, 0.2) is 0 Å². The van der Waals surface area contributed by atoms with Gasteiger partial charge in [-0.05, 0) is 24.3 Å². The summed E-state index contributed by atoms with van der Waals surface area (Å²) in [5.74, 6) is 0.593. The lowest BCUT2D eigenvalue weighted by Crippen LogP contribution is -2.26. The van der Waals surface area contributed by atoms with Crippen molar-refractivity contribution in [1.82, 2.24) is 9.55 Å². The highest BCUT2D eigenvalue weighted by atomic mass is 35.5. The van der Waals surface area contributed by atoms with Gasteiger partial charge in [-0.3, -0.25) is 15.4 Å². The molecule has 5 nitrogen and oxygen atoms in total. The van der Waals surface area contributed by atoms with Crippen LogP contribution < -0.4 is 10.5 Å². The Hall–Kier alpha value is -2.66. The van der Waals surface area contributed by atoms with E-state index in [1.807, 2.05) is 48.3 Å². The molecule has 0 aliphatic rings. The summed E-state index contributed by atoms with van der Waals surface area (Å²) < 4.78 is 1.39. The van der Waals surface area contributed by atoms with Crippen molar-refractivity contribution in [3.05, 3.63) is 59.2 Å². The Morgan fingerprint density at radius 1 is 1.14 bits per heavy atom. The molecule has 0 aliphatic heterocycles. The number of halogens is 1. The normalized spacial score (nSPS) is 10.6. The minimum absolute atomic E-state index is 0.0115. The molecule has 2 N–H and O–H groups in total. The number of anilines is 2. The third-order valence-electron chi connectivity index (χ3n) is 3.51. The van der Waals surface area contributed by atoms with Crippen molar-refractivity contribution in [2.45, 2.75) is 0 Å². The van der Waals surface area contributed by atoms with Crippen molar-refractivity contribution >= 4 is 40.3 Å². The minimum Gasteiger partial charge on any atom is -0.329 e. The maximum Gasteiger partial charge on any atom is 0.229 e. The molecule has 0 atom stereocenters.